The van der Waals surface area contributed by atoms with Crippen molar-refractivity contribution in [2.24, 2.45) is 0 Å². The molecule has 1 aliphatic rings. The first-order chi connectivity index (χ1) is 7.79. The van der Waals surface area contributed by atoms with Crippen LogP contribution < -0.4 is 10.2 Å². The van der Waals surface area contributed by atoms with Crippen LogP contribution in [-0.4, -0.2) is 35.5 Å². The summed E-state index contributed by atoms with van der Waals surface area (Å²) >= 11 is 0. The third-order valence-corrected chi connectivity index (χ3v) is 2.30. The molecule has 0 saturated carbocycles. The van der Waals surface area contributed by atoms with Gasteiger partial charge in [-0.1, -0.05) is 0 Å². The smallest absolute Gasteiger partial charge is 0.239 e. The topological polar surface area (TPSA) is 81.9 Å². The van der Waals surface area contributed by atoms with Crippen molar-refractivity contribution in [2.75, 3.05) is 24.5 Å². The Morgan fingerprint density at radius 2 is 2.44 bits per heavy atom. The second kappa shape index (κ2) is 4.57. The molecule has 16 heavy (non-hydrogen) atoms. The van der Waals surface area contributed by atoms with E-state index >= 15 is 0 Å². The van der Waals surface area contributed by atoms with E-state index in [0.29, 0.717) is 24.7 Å². The van der Waals surface area contributed by atoms with Crippen molar-refractivity contribution in [3.8, 4) is 6.07 Å². The van der Waals surface area contributed by atoms with E-state index in [-0.39, 0.29) is 12.5 Å². The van der Waals surface area contributed by atoms with E-state index in [9.17, 15) is 4.79 Å². The molecule has 6 nitrogen and oxygen atoms in total. The van der Waals surface area contributed by atoms with Gasteiger partial charge in [-0.2, -0.15) is 5.26 Å². The quantitative estimate of drug-likeness (QED) is 0.696. The molecular weight excluding hydrogens is 206 g/mol. The number of nitriles is 1. The second-order valence-corrected chi connectivity index (χ2v) is 3.48. The highest BCUT2D eigenvalue weighted by molar-refractivity contribution is 5.81. The normalized spacial score (nSPS) is 16.2. The molecule has 1 aromatic rings. The summed E-state index contributed by atoms with van der Waals surface area (Å²) in [6, 6.07) is 3.50. The third-order valence-electron chi connectivity index (χ3n) is 2.30. The Kier molecular flexibility index (Phi) is 2.96. The minimum absolute atomic E-state index is 0.0385. The molecule has 0 unspecified atom stereocenters. The average Bonchev–Trinajstić information content (AvgIpc) is 2.54. The van der Waals surface area contributed by atoms with Gasteiger partial charge in [0.25, 0.3) is 0 Å². The predicted molar refractivity (Wildman–Crippen MR) is 56.6 cm³/mol. The van der Waals surface area contributed by atoms with Gasteiger partial charge in [-0.3, -0.25) is 4.79 Å². The van der Waals surface area contributed by atoms with Crippen molar-refractivity contribution in [1.82, 2.24) is 15.3 Å². The van der Waals surface area contributed by atoms with Crippen LogP contribution >= 0.6 is 0 Å². The molecule has 0 atom stereocenters. The minimum atomic E-state index is -0.0385. The van der Waals surface area contributed by atoms with Crippen LogP contribution in [0.4, 0.5) is 5.95 Å². The van der Waals surface area contributed by atoms with Gasteiger partial charge < -0.3 is 10.2 Å². The summed E-state index contributed by atoms with van der Waals surface area (Å²) in [4.78, 5) is 21.3. The van der Waals surface area contributed by atoms with Gasteiger partial charge in [-0.15, -0.1) is 0 Å². The maximum absolute atomic E-state index is 11.3. The molecular formula is C10H11N5O. The van der Waals surface area contributed by atoms with Gasteiger partial charge in [0, 0.05) is 19.3 Å². The molecule has 1 N–H and O–H groups in total. The standard InChI is InChI=1S/C10H11N5O/c11-6-8-2-4-13-10(14-8)15-5-1-3-12-9(16)7-15/h2,4H,1,3,5,7H2,(H,12,16). The molecule has 0 bridgehead atoms. The molecule has 1 aliphatic heterocycles. The number of aromatic nitrogens is 2. The molecule has 1 aromatic heterocycles. The van der Waals surface area contributed by atoms with Crippen molar-refractivity contribution in [3.63, 3.8) is 0 Å². The molecule has 1 amide bonds. The first-order valence-electron chi connectivity index (χ1n) is 5.04. The maximum Gasteiger partial charge on any atom is 0.239 e. The number of nitrogens with one attached hydrogen (secondary N) is 1. The van der Waals surface area contributed by atoms with Gasteiger partial charge in [0.1, 0.15) is 11.8 Å². The van der Waals surface area contributed by atoms with Gasteiger partial charge >= 0.3 is 0 Å². The Bertz CT molecular complexity index is 439. The summed E-state index contributed by atoms with van der Waals surface area (Å²) in [7, 11) is 0. The van der Waals surface area contributed by atoms with E-state index in [4.69, 9.17) is 5.26 Å². The monoisotopic (exact) mass is 217 g/mol. The van der Waals surface area contributed by atoms with Crippen molar-refractivity contribution in [2.45, 2.75) is 6.42 Å². The fourth-order valence-electron chi connectivity index (χ4n) is 1.54. The zero-order valence-electron chi connectivity index (χ0n) is 8.68. The molecule has 82 valence electrons. The van der Waals surface area contributed by atoms with E-state index in [0.717, 1.165) is 6.42 Å². The zero-order valence-corrected chi connectivity index (χ0v) is 8.68. The second-order valence-electron chi connectivity index (χ2n) is 3.48. The van der Waals surface area contributed by atoms with Crippen molar-refractivity contribution in [3.05, 3.63) is 18.0 Å². The number of hydrogen-bond acceptors (Lipinski definition) is 5. The number of carbonyl (C=O) groups is 1. The van der Waals surface area contributed by atoms with Crippen LogP contribution in [0.5, 0.6) is 0 Å². The van der Waals surface area contributed by atoms with E-state index in [2.05, 4.69) is 15.3 Å². The van der Waals surface area contributed by atoms with Crippen LogP contribution in [0.15, 0.2) is 12.3 Å². The Morgan fingerprint density at radius 1 is 1.56 bits per heavy atom. The number of amides is 1. The Hall–Kier alpha value is -2.16. The van der Waals surface area contributed by atoms with Gasteiger partial charge in [-0.25, -0.2) is 9.97 Å². The van der Waals surface area contributed by atoms with Gasteiger partial charge in [0.05, 0.1) is 6.54 Å². The number of hydrogen-bond donors (Lipinski definition) is 1. The SMILES string of the molecule is N#Cc1ccnc(N2CCCNC(=O)C2)n1. The highest BCUT2D eigenvalue weighted by Gasteiger charge is 2.17. The molecule has 0 aliphatic carbocycles. The summed E-state index contributed by atoms with van der Waals surface area (Å²) in [5.41, 5.74) is 0.314. The zero-order chi connectivity index (χ0) is 11.4. The number of rotatable bonds is 1. The molecule has 6 heteroatoms. The van der Waals surface area contributed by atoms with Crippen LogP contribution in [0.25, 0.3) is 0 Å². The lowest BCUT2D eigenvalue weighted by atomic mass is 10.4. The summed E-state index contributed by atoms with van der Waals surface area (Å²) in [6.45, 7) is 1.63. The molecule has 0 radical (unpaired) electrons. The van der Waals surface area contributed by atoms with Crippen molar-refractivity contribution in [1.29, 1.82) is 5.26 Å². The number of nitrogens with zero attached hydrogens (tertiary/aromatic N) is 4. The minimum Gasteiger partial charge on any atom is -0.354 e. The van der Waals surface area contributed by atoms with Crippen molar-refractivity contribution >= 4 is 11.9 Å². The lowest BCUT2D eigenvalue weighted by Gasteiger charge is -2.18. The number of carbonyl (C=O) groups excluding carboxylic acids is 1. The Labute approximate surface area is 92.9 Å². The summed E-state index contributed by atoms with van der Waals surface area (Å²) in [5.74, 6) is 0.402. The Morgan fingerprint density at radius 3 is 3.25 bits per heavy atom. The van der Waals surface area contributed by atoms with Gasteiger partial charge in [0.2, 0.25) is 11.9 Å². The highest BCUT2D eigenvalue weighted by atomic mass is 16.2. The van der Waals surface area contributed by atoms with E-state index in [1.54, 1.807) is 11.0 Å². The van der Waals surface area contributed by atoms with E-state index in [1.807, 2.05) is 6.07 Å². The molecule has 1 fully saturated rings. The molecule has 1 saturated heterocycles. The predicted octanol–water partition coefficient (Wildman–Crippen LogP) is -0.325. The Balaban J connectivity index is 2.21. The molecule has 2 heterocycles. The highest BCUT2D eigenvalue weighted by Crippen LogP contribution is 2.08. The summed E-state index contributed by atoms with van der Waals surface area (Å²) in [5, 5.41) is 11.5. The van der Waals surface area contributed by atoms with Crippen LogP contribution in [0, 0.1) is 11.3 Å². The fraction of sp³-hybridized carbons (Fsp3) is 0.400. The summed E-state index contributed by atoms with van der Waals surface area (Å²) < 4.78 is 0. The lowest BCUT2D eigenvalue weighted by Crippen LogP contribution is -2.34. The molecule has 0 spiro atoms. The lowest BCUT2D eigenvalue weighted by molar-refractivity contribution is -0.119. The first kappa shape index (κ1) is 10.4. The third kappa shape index (κ3) is 2.25. The van der Waals surface area contributed by atoms with Crippen LogP contribution in [0.2, 0.25) is 0 Å². The molecule has 2 rings (SSSR count). The van der Waals surface area contributed by atoms with E-state index in [1.165, 1.54) is 6.20 Å². The maximum atomic E-state index is 11.3. The van der Waals surface area contributed by atoms with Crippen LogP contribution in [0.3, 0.4) is 0 Å². The van der Waals surface area contributed by atoms with Crippen LogP contribution in [-0.2, 0) is 4.79 Å². The largest absolute Gasteiger partial charge is 0.354 e. The van der Waals surface area contributed by atoms with Crippen molar-refractivity contribution < 1.29 is 4.79 Å². The van der Waals surface area contributed by atoms with Gasteiger partial charge in [-0.05, 0) is 12.5 Å². The van der Waals surface area contributed by atoms with Gasteiger partial charge in [0.15, 0.2) is 0 Å². The molecule has 0 aromatic carbocycles. The van der Waals surface area contributed by atoms with E-state index < -0.39 is 0 Å². The average molecular weight is 217 g/mol. The summed E-state index contributed by atoms with van der Waals surface area (Å²) in [6.07, 6.45) is 2.38. The fourth-order valence-corrected chi connectivity index (χ4v) is 1.54. The first-order valence-corrected chi connectivity index (χ1v) is 5.04. The van der Waals surface area contributed by atoms with Crippen LogP contribution in [0.1, 0.15) is 12.1 Å². The number of anilines is 1.